The fourth-order valence-electron chi connectivity index (χ4n) is 4.29. The molecule has 0 saturated carbocycles. The molecule has 14 heteroatoms. The minimum Gasteiger partial charge on any atom is -0.477 e. The van der Waals surface area contributed by atoms with E-state index in [1.54, 1.807) is 23.7 Å². The number of β-lactam (4-membered cyclic amide) rings is 1. The Balaban J connectivity index is 1.48. The van der Waals surface area contributed by atoms with E-state index < -0.39 is 29.9 Å². The van der Waals surface area contributed by atoms with Crippen LogP contribution in [0.25, 0.3) is 0 Å². The van der Waals surface area contributed by atoms with Crippen LogP contribution in [0.3, 0.4) is 0 Å². The number of nitrogens with zero attached hydrogens (tertiary/aromatic N) is 4. The summed E-state index contributed by atoms with van der Waals surface area (Å²) in [5, 5.41) is 25.5. The maximum absolute atomic E-state index is 13.0. The van der Waals surface area contributed by atoms with Crippen LogP contribution in [0.5, 0.6) is 0 Å². The van der Waals surface area contributed by atoms with Crippen molar-refractivity contribution in [1.29, 1.82) is 5.41 Å². The van der Waals surface area contributed by atoms with Crippen molar-refractivity contribution in [3.05, 3.63) is 46.3 Å². The van der Waals surface area contributed by atoms with Crippen molar-refractivity contribution in [3.8, 4) is 0 Å². The van der Waals surface area contributed by atoms with E-state index in [0.717, 1.165) is 11.3 Å². The molecule has 0 radical (unpaired) electrons. The van der Waals surface area contributed by atoms with Gasteiger partial charge < -0.3 is 31.6 Å². The Kier molecular flexibility index (Phi) is 6.55. The third-order valence-electron chi connectivity index (χ3n) is 5.90. The monoisotopic (exact) mass is 500 g/mol. The van der Waals surface area contributed by atoms with Crippen molar-refractivity contribution >= 4 is 45.8 Å². The number of rotatable bonds is 8. The van der Waals surface area contributed by atoms with Crippen molar-refractivity contribution in [2.75, 3.05) is 25.9 Å². The summed E-state index contributed by atoms with van der Waals surface area (Å²) in [6.45, 7) is 0.768. The Labute approximate surface area is 203 Å². The van der Waals surface area contributed by atoms with Crippen LogP contribution >= 0.6 is 11.3 Å². The van der Waals surface area contributed by atoms with Crippen molar-refractivity contribution in [2.24, 2.45) is 10.9 Å². The topological polar surface area (TPSA) is 200 Å². The van der Waals surface area contributed by atoms with Crippen LogP contribution in [-0.2, 0) is 19.2 Å². The fourth-order valence-corrected chi connectivity index (χ4v) is 4.84. The molecule has 0 aromatic carbocycles. The Morgan fingerprint density at radius 3 is 2.80 bits per heavy atom. The predicted octanol–water partition coefficient (Wildman–Crippen LogP) is -0.404. The molecule has 1 aromatic rings. The highest BCUT2D eigenvalue weighted by Gasteiger charge is 2.53. The molecule has 0 aliphatic carbocycles. The third kappa shape index (κ3) is 4.59. The summed E-state index contributed by atoms with van der Waals surface area (Å²) >= 11 is 1.13. The highest BCUT2D eigenvalue weighted by Crippen LogP contribution is 2.37. The fraction of sp³-hybridized carbons (Fsp3) is 0.333. The number of oxime groups is 1. The number of carbonyl (C=O) groups is 3. The molecule has 7 N–H and O–H groups in total. The zero-order valence-corrected chi connectivity index (χ0v) is 19.5. The van der Waals surface area contributed by atoms with Gasteiger partial charge in [-0.15, -0.1) is 11.3 Å². The molecular formula is C21H24N8O5S. The lowest BCUT2D eigenvalue weighted by Gasteiger charge is -2.50. The van der Waals surface area contributed by atoms with Gasteiger partial charge in [0.05, 0.1) is 6.04 Å². The third-order valence-corrected chi connectivity index (χ3v) is 6.58. The zero-order valence-electron chi connectivity index (χ0n) is 18.7. The van der Waals surface area contributed by atoms with Gasteiger partial charge in [-0.05, 0) is 24.5 Å². The molecule has 13 nitrogen and oxygen atoms in total. The number of amides is 2. The van der Waals surface area contributed by atoms with Crippen molar-refractivity contribution in [3.63, 3.8) is 0 Å². The van der Waals surface area contributed by atoms with Crippen molar-refractivity contribution in [1.82, 2.24) is 20.1 Å². The van der Waals surface area contributed by atoms with Gasteiger partial charge in [-0.2, -0.15) is 0 Å². The normalized spacial score (nSPS) is 21.8. The van der Waals surface area contributed by atoms with Gasteiger partial charge >= 0.3 is 5.97 Å². The van der Waals surface area contributed by atoms with Gasteiger partial charge in [-0.3, -0.25) is 19.9 Å². The highest BCUT2D eigenvalue weighted by atomic mass is 32.1. The largest absolute Gasteiger partial charge is 0.477 e. The lowest BCUT2D eigenvalue weighted by Crippen LogP contribution is -2.72. The van der Waals surface area contributed by atoms with Crippen LogP contribution in [-0.4, -0.2) is 81.5 Å². The van der Waals surface area contributed by atoms with Crippen LogP contribution < -0.4 is 16.8 Å². The van der Waals surface area contributed by atoms with Crippen molar-refractivity contribution < 1.29 is 24.3 Å². The summed E-state index contributed by atoms with van der Waals surface area (Å²) in [5.41, 5.74) is 12.4. The van der Waals surface area contributed by atoms with Crippen LogP contribution in [0.1, 0.15) is 18.5 Å². The molecule has 1 aromatic heterocycles. The van der Waals surface area contributed by atoms with Crippen LogP contribution in [0.2, 0.25) is 0 Å². The number of carboxylic acid groups (broad SMARTS) is 1. The number of aliphatic carboxylic acids is 1. The highest BCUT2D eigenvalue weighted by molar-refractivity contribution is 7.13. The van der Waals surface area contributed by atoms with Gasteiger partial charge in [0.25, 0.3) is 11.8 Å². The van der Waals surface area contributed by atoms with Gasteiger partial charge in [0.2, 0.25) is 0 Å². The van der Waals surface area contributed by atoms with Gasteiger partial charge in [0.1, 0.15) is 30.4 Å². The maximum Gasteiger partial charge on any atom is 0.352 e. The molecule has 0 bridgehead atoms. The number of anilines is 1. The number of nitrogen functional groups attached to an aromatic ring is 1. The standard InChI is InChI=1S/C21H24N8O5S/c1-34-27-14(12-9-35-21(24)25-12)18(30)26-15-13-3-2-11(16(20(32)33)29(13)19(15)31)8-28-6-4-10(5-7-28)17(22)23/h4-6,9,13,15H,2-3,7-8H2,1H3,(H3,22,23)(H2,24,25)(H,26,30)(H,32,33)/b27-14-/t13?,15-/m0/s1. The van der Waals surface area contributed by atoms with E-state index >= 15 is 0 Å². The van der Waals surface area contributed by atoms with E-state index in [0.29, 0.717) is 37.1 Å². The molecule has 3 aliphatic heterocycles. The van der Waals surface area contributed by atoms with Gasteiger partial charge in [-0.25, -0.2) is 9.78 Å². The van der Waals surface area contributed by atoms with Gasteiger partial charge in [-0.1, -0.05) is 11.2 Å². The van der Waals surface area contributed by atoms with E-state index in [2.05, 4.69) is 15.5 Å². The minimum atomic E-state index is -1.21. The van der Waals surface area contributed by atoms with Crippen molar-refractivity contribution in [2.45, 2.75) is 24.9 Å². The summed E-state index contributed by atoms with van der Waals surface area (Å²) in [4.78, 5) is 49.8. The van der Waals surface area contributed by atoms with Crippen LogP contribution in [0.15, 0.2) is 45.7 Å². The second-order valence-electron chi connectivity index (χ2n) is 8.03. The lowest BCUT2D eigenvalue weighted by atomic mass is 9.83. The van der Waals surface area contributed by atoms with E-state index in [1.807, 2.05) is 4.90 Å². The molecular weight excluding hydrogens is 476 g/mol. The number of hydrogen-bond donors (Lipinski definition) is 5. The summed E-state index contributed by atoms with van der Waals surface area (Å²) in [6.07, 6.45) is 6.14. The molecule has 1 saturated heterocycles. The van der Waals surface area contributed by atoms with E-state index in [9.17, 15) is 19.5 Å². The van der Waals surface area contributed by atoms with E-state index in [-0.39, 0.29) is 28.1 Å². The molecule has 4 heterocycles. The van der Waals surface area contributed by atoms with Crippen LogP contribution in [0, 0.1) is 5.41 Å². The average molecular weight is 501 g/mol. The minimum absolute atomic E-state index is 0.0388. The number of amidine groups is 1. The molecule has 1 fully saturated rings. The second-order valence-corrected chi connectivity index (χ2v) is 8.92. The first-order chi connectivity index (χ1) is 16.7. The quantitative estimate of drug-likeness (QED) is 0.136. The zero-order chi connectivity index (χ0) is 25.3. The molecule has 2 amide bonds. The molecule has 3 aliphatic rings. The number of aromatic nitrogens is 1. The molecule has 2 atom stereocenters. The average Bonchev–Trinajstić information content (AvgIpc) is 3.26. The number of thiazole rings is 1. The summed E-state index contributed by atoms with van der Waals surface area (Å²) in [7, 11) is 1.28. The number of nitrogens with one attached hydrogen (secondary N) is 2. The van der Waals surface area contributed by atoms with Gasteiger partial charge in [0, 0.05) is 30.2 Å². The Bertz CT molecular complexity index is 1220. The number of carboxylic acids is 1. The molecule has 1 unspecified atom stereocenters. The Morgan fingerprint density at radius 1 is 1.46 bits per heavy atom. The number of nitrogens with two attached hydrogens (primary N) is 2. The predicted molar refractivity (Wildman–Crippen MR) is 127 cm³/mol. The first-order valence-corrected chi connectivity index (χ1v) is 11.5. The SMILES string of the molecule is CO/N=C(\C(=O)N[C@@H]1C(=O)N2C(C(=O)O)=C(CN3C=CC(C(=N)N)=CC3)CCC12)c1csc(N)n1. The number of hydrogen-bond acceptors (Lipinski definition) is 10. The molecule has 0 spiro atoms. The first-order valence-electron chi connectivity index (χ1n) is 10.6. The van der Waals surface area contributed by atoms with Crippen LogP contribution in [0.4, 0.5) is 5.13 Å². The smallest absolute Gasteiger partial charge is 0.352 e. The molecule has 35 heavy (non-hydrogen) atoms. The molecule has 4 rings (SSSR count). The molecule has 184 valence electrons. The summed E-state index contributed by atoms with van der Waals surface area (Å²) < 4.78 is 0. The van der Waals surface area contributed by atoms with E-state index in [4.69, 9.17) is 21.7 Å². The Hall–Kier alpha value is -4.20. The number of carbonyl (C=O) groups excluding carboxylic acids is 2. The lowest BCUT2D eigenvalue weighted by molar-refractivity contribution is -0.155. The maximum atomic E-state index is 13.0. The van der Waals surface area contributed by atoms with Gasteiger partial charge in [0.15, 0.2) is 10.8 Å². The first kappa shape index (κ1) is 23.9. The second kappa shape index (κ2) is 9.58. The Morgan fingerprint density at radius 2 is 2.23 bits per heavy atom. The number of fused-ring (bicyclic) bond motifs is 1. The van der Waals surface area contributed by atoms with E-state index in [1.165, 1.54) is 12.0 Å². The summed E-state index contributed by atoms with van der Waals surface area (Å²) in [5.74, 6) is -2.43. The summed E-state index contributed by atoms with van der Waals surface area (Å²) in [6, 6.07) is -1.39.